The summed E-state index contributed by atoms with van der Waals surface area (Å²) in [6.45, 7) is 5.15. The van der Waals surface area contributed by atoms with Crippen molar-refractivity contribution in [3.8, 4) is 6.07 Å². The first-order valence-corrected chi connectivity index (χ1v) is 6.05. The third-order valence-electron chi connectivity index (χ3n) is 4.14. The molecule has 2 heterocycles. The summed E-state index contributed by atoms with van der Waals surface area (Å²) in [6, 6.07) is 2.33. The minimum Gasteiger partial charge on any atom is -0.388 e. The third-order valence-corrected chi connectivity index (χ3v) is 4.14. The number of rotatable bonds is 3. The lowest BCUT2D eigenvalue weighted by molar-refractivity contribution is -0.0766. The standard InChI is InChI=1S/C12H20N2O/c1-2-3-10(8-13)12(15)5-7-14-6-4-11(12)9-14/h10-11,15H,2-7,9H2,1H3. The first-order chi connectivity index (χ1) is 7.20. The van der Waals surface area contributed by atoms with Gasteiger partial charge >= 0.3 is 0 Å². The van der Waals surface area contributed by atoms with Crippen molar-refractivity contribution in [3.63, 3.8) is 0 Å². The molecule has 15 heavy (non-hydrogen) atoms. The Balaban J connectivity index is 2.13. The zero-order valence-corrected chi connectivity index (χ0v) is 9.45. The Kier molecular flexibility index (Phi) is 2.99. The Morgan fingerprint density at radius 1 is 1.60 bits per heavy atom. The second-order valence-electron chi connectivity index (χ2n) is 5.00. The van der Waals surface area contributed by atoms with E-state index in [0.717, 1.165) is 45.3 Å². The molecule has 4 unspecified atom stereocenters. The fourth-order valence-corrected chi connectivity index (χ4v) is 3.16. The molecule has 1 N–H and O–H groups in total. The first-order valence-electron chi connectivity index (χ1n) is 6.05. The number of hydrogen-bond acceptors (Lipinski definition) is 3. The van der Waals surface area contributed by atoms with Crippen molar-refractivity contribution in [3.05, 3.63) is 0 Å². The number of aliphatic hydroxyl groups is 1. The highest BCUT2D eigenvalue weighted by atomic mass is 16.3. The molecule has 84 valence electrons. The van der Waals surface area contributed by atoms with Crippen molar-refractivity contribution in [2.24, 2.45) is 11.8 Å². The van der Waals surface area contributed by atoms with E-state index in [4.69, 9.17) is 0 Å². The van der Waals surface area contributed by atoms with Gasteiger partial charge in [0.05, 0.1) is 17.6 Å². The maximum absolute atomic E-state index is 10.7. The van der Waals surface area contributed by atoms with Gasteiger partial charge < -0.3 is 10.0 Å². The molecular formula is C12H20N2O. The van der Waals surface area contributed by atoms with E-state index in [0.29, 0.717) is 5.92 Å². The Labute approximate surface area is 91.7 Å². The van der Waals surface area contributed by atoms with Crippen molar-refractivity contribution in [2.45, 2.75) is 38.2 Å². The van der Waals surface area contributed by atoms with Gasteiger partial charge in [0.15, 0.2) is 0 Å². The molecule has 3 heteroatoms. The number of hydrogen-bond donors (Lipinski definition) is 1. The maximum Gasteiger partial charge on any atom is 0.0858 e. The Hall–Kier alpha value is -0.590. The largest absolute Gasteiger partial charge is 0.388 e. The first kappa shape index (κ1) is 10.9. The van der Waals surface area contributed by atoms with Gasteiger partial charge in [-0.15, -0.1) is 0 Å². The number of nitrogens with zero attached hydrogens (tertiary/aromatic N) is 2. The second-order valence-corrected chi connectivity index (χ2v) is 5.00. The molecule has 2 bridgehead atoms. The molecule has 0 amide bonds. The summed E-state index contributed by atoms with van der Waals surface area (Å²) in [7, 11) is 0. The zero-order valence-electron chi connectivity index (χ0n) is 9.45. The van der Waals surface area contributed by atoms with Crippen LogP contribution in [-0.2, 0) is 0 Å². The van der Waals surface area contributed by atoms with E-state index in [9.17, 15) is 10.4 Å². The van der Waals surface area contributed by atoms with Crippen LogP contribution in [0.4, 0.5) is 0 Å². The number of piperidine rings is 1. The Morgan fingerprint density at radius 2 is 2.40 bits per heavy atom. The second kappa shape index (κ2) is 4.11. The molecule has 2 fully saturated rings. The minimum absolute atomic E-state index is 0.159. The van der Waals surface area contributed by atoms with Gasteiger partial charge in [0.25, 0.3) is 0 Å². The van der Waals surface area contributed by atoms with E-state index in [1.165, 1.54) is 0 Å². The average Bonchev–Trinajstić information content (AvgIpc) is 2.66. The molecule has 2 aliphatic rings. The Bertz CT molecular complexity index is 273. The van der Waals surface area contributed by atoms with Crippen molar-refractivity contribution in [1.82, 2.24) is 4.90 Å². The van der Waals surface area contributed by atoms with Crippen LogP contribution in [-0.4, -0.2) is 35.2 Å². The lowest BCUT2D eigenvalue weighted by Crippen LogP contribution is -2.51. The SMILES string of the molecule is CCCC(C#N)C1(O)CCN2CCC1C2. The van der Waals surface area contributed by atoms with Crippen LogP contribution < -0.4 is 0 Å². The fraction of sp³-hybridized carbons (Fsp3) is 0.917. The van der Waals surface area contributed by atoms with E-state index in [1.54, 1.807) is 0 Å². The third kappa shape index (κ3) is 1.77. The summed E-state index contributed by atoms with van der Waals surface area (Å²) in [4.78, 5) is 2.40. The topological polar surface area (TPSA) is 47.3 Å². The van der Waals surface area contributed by atoms with Crippen molar-refractivity contribution >= 4 is 0 Å². The molecule has 0 spiro atoms. The summed E-state index contributed by atoms with van der Waals surface area (Å²) >= 11 is 0. The van der Waals surface area contributed by atoms with Gasteiger partial charge in [-0.1, -0.05) is 13.3 Å². The van der Waals surface area contributed by atoms with E-state index < -0.39 is 5.60 Å². The van der Waals surface area contributed by atoms with Crippen molar-refractivity contribution in [1.29, 1.82) is 5.26 Å². The number of nitriles is 1. The summed E-state index contributed by atoms with van der Waals surface area (Å²) < 4.78 is 0. The van der Waals surface area contributed by atoms with Gasteiger partial charge in [-0.3, -0.25) is 0 Å². The van der Waals surface area contributed by atoms with Crippen LogP contribution in [0.25, 0.3) is 0 Å². The van der Waals surface area contributed by atoms with E-state index >= 15 is 0 Å². The lowest BCUT2D eigenvalue weighted by atomic mass is 9.72. The monoisotopic (exact) mass is 208 g/mol. The van der Waals surface area contributed by atoms with Gasteiger partial charge in [-0.05, 0) is 25.8 Å². The highest BCUT2D eigenvalue weighted by Gasteiger charge is 2.49. The summed E-state index contributed by atoms with van der Waals surface area (Å²) in [5, 5.41) is 19.9. The van der Waals surface area contributed by atoms with Gasteiger partial charge in [0, 0.05) is 19.0 Å². The van der Waals surface area contributed by atoms with Gasteiger partial charge in [-0.25, -0.2) is 0 Å². The van der Waals surface area contributed by atoms with Crippen LogP contribution >= 0.6 is 0 Å². The molecule has 0 aromatic rings. The smallest absolute Gasteiger partial charge is 0.0858 e. The van der Waals surface area contributed by atoms with Crippen LogP contribution in [0.2, 0.25) is 0 Å². The van der Waals surface area contributed by atoms with Crippen LogP contribution in [0.3, 0.4) is 0 Å². The quantitative estimate of drug-likeness (QED) is 0.762. The summed E-state index contributed by atoms with van der Waals surface area (Å²) in [6.07, 6.45) is 3.68. The molecule has 0 radical (unpaired) electrons. The van der Waals surface area contributed by atoms with Gasteiger partial charge in [-0.2, -0.15) is 5.26 Å². The fourth-order valence-electron chi connectivity index (χ4n) is 3.16. The van der Waals surface area contributed by atoms with Gasteiger partial charge in [0.1, 0.15) is 0 Å². The van der Waals surface area contributed by atoms with E-state index in [1.807, 2.05) is 0 Å². The van der Waals surface area contributed by atoms with Crippen LogP contribution in [0, 0.1) is 23.2 Å². The Morgan fingerprint density at radius 3 is 3.07 bits per heavy atom. The predicted octanol–water partition coefficient (Wildman–Crippen LogP) is 1.38. The lowest BCUT2D eigenvalue weighted by Gasteiger charge is -2.41. The molecule has 2 aliphatic heterocycles. The molecule has 0 aliphatic carbocycles. The average molecular weight is 208 g/mol. The van der Waals surface area contributed by atoms with Crippen molar-refractivity contribution in [2.75, 3.05) is 19.6 Å². The normalized spacial score (nSPS) is 41.1. The summed E-state index contributed by atoms with van der Waals surface area (Å²) in [5.41, 5.74) is -0.697. The molecule has 0 aromatic carbocycles. The maximum atomic E-state index is 10.7. The van der Waals surface area contributed by atoms with Crippen LogP contribution in [0.1, 0.15) is 32.6 Å². The molecule has 0 aromatic heterocycles. The highest BCUT2D eigenvalue weighted by molar-refractivity contribution is 5.07. The summed E-state index contributed by atoms with van der Waals surface area (Å²) in [5.74, 6) is 0.176. The van der Waals surface area contributed by atoms with Crippen LogP contribution in [0.5, 0.6) is 0 Å². The molecule has 3 nitrogen and oxygen atoms in total. The van der Waals surface area contributed by atoms with E-state index in [2.05, 4.69) is 17.9 Å². The van der Waals surface area contributed by atoms with Crippen LogP contribution in [0.15, 0.2) is 0 Å². The molecule has 2 rings (SSSR count). The van der Waals surface area contributed by atoms with Gasteiger partial charge in [0.2, 0.25) is 0 Å². The molecule has 0 saturated carbocycles. The number of fused-ring (bicyclic) bond motifs is 2. The zero-order chi connectivity index (χ0) is 10.9. The molecule has 4 atom stereocenters. The highest BCUT2D eigenvalue weighted by Crippen LogP contribution is 2.41. The predicted molar refractivity (Wildman–Crippen MR) is 58.1 cm³/mol. The van der Waals surface area contributed by atoms with E-state index in [-0.39, 0.29) is 5.92 Å². The molecule has 2 saturated heterocycles. The minimum atomic E-state index is -0.697. The van der Waals surface area contributed by atoms with Crippen molar-refractivity contribution < 1.29 is 5.11 Å². The molecular weight excluding hydrogens is 188 g/mol.